The molecule has 0 unspecified atom stereocenters. The number of rotatable bonds is 11. The minimum Gasteiger partial charge on any atom is -0.352 e. The van der Waals surface area contributed by atoms with Crippen molar-refractivity contribution >= 4 is 39.1 Å². The van der Waals surface area contributed by atoms with Crippen molar-refractivity contribution in [3.8, 4) is 0 Å². The lowest BCUT2D eigenvalue weighted by Crippen LogP contribution is -2.52. The Morgan fingerprint density at radius 2 is 1.53 bits per heavy atom. The number of nitrogens with one attached hydrogen (secondary N) is 1. The van der Waals surface area contributed by atoms with Crippen LogP contribution >= 0.6 is 11.6 Å². The number of aryl methyl sites for hydroxylation is 1. The van der Waals surface area contributed by atoms with Gasteiger partial charge in [-0.25, -0.2) is 8.42 Å². The Bertz CT molecular complexity index is 1070. The number of carbonyl (C=O) groups excluding carboxylic acids is 2. The number of sulfonamides is 1. The van der Waals surface area contributed by atoms with E-state index in [1.165, 1.54) is 4.90 Å². The van der Waals surface area contributed by atoms with Crippen LogP contribution in [0.3, 0.4) is 0 Å². The summed E-state index contributed by atoms with van der Waals surface area (Å²) in [7, 11) is -3.75. The number of amides is 2. The molecule has 0 saturated heterocycles. The predicted octanol–water partition coefficient (Wildman–Crippen LogP) is 4.00. The number of nitrogens with zero attached hydrogens (tertiary/aromatic N) is 2. The summed E-state index contributed by atoms with van der Waals surface area (Å²) in [5.74, 6) is -0.776. The fraction of sp³-hybridized carbons (Fsp3) is 0.440. The molecule has 0 spiro atoms. The van der Waals surface area contributed by atoms with Crippen LogP contribution in [0.2, 0.25) is 5.02 Å². The summed E-state index contributed by atoms with van der Waals surface area (Å²) >= 11 is 5.99. The Hall–Kier alpha value is -2.58. The van der Waals surface area contributed by atoms with Gasteiger partial charge in [-0.2, -0.15) is 0 Å². The minimum absolute atomic E-state index is 0.0490. The molecule has 1 N–H and O–H groups in total. The van der Waals surface area contributed by atoms with Crippen LogP contribution in [-0.4, -0.2) is 50.0 Å². The van der Waals surface area contributed by atoms with Gasteiger partial charge in [-0.05, 0) is 62.1 Å². The minimum atomic E-state index is -3.75. The summed E-state index contributed by atoms with van der Waals surface area (Å²) < 4.78 is 26.3. The largest absolute Gasteiger partial charge is 0.352 e. The molecule has 0 bridgehead atoms. The molecule has 2 amide bonds. The van der Waals surface area contributed by atoms with E-state index in [1.807, 2.05) is 32.9 Å². The van der Waals surface area contributed by atoms with E-state index in [0.29, 0.717) is 10.7 Å². The van der Waals surface area contributed by atoms with Crippen molar-refractivity contribution in [2.45, 2.75) is 59.2 Å². The summed E-state index contributed by atoms with van der Waals surface area (Å²) in [5, 5.41) is 3.46. The number of carbonyl (C=O) groups is 2. The van der Waals surface area contributed by atoms with Gasteiger partial charge in [-0.3, -0.25) is 13.9 Å². The van der Waals surface area contributed by atoms with Gasteiger partial charge in [-0.15, -0.1) is 0 Å². The Balaban J connectivity index is 2.36. The topological polar surface area (TPSA) is 86.8 Å². The predicted molar refractivity (Wildman–Crippen MR) is 137 cm³/mol. The van der Waals surface area contributed by atoms with Crippen molar-refractivity contribution in [1.82, 2.24) is 10.2 Å². The second-order valence-electron chi connectivity index (χ2n) is 8.43. The molecule has 0 heterocycles. The molecule has 2 rings (SSSR count). The molecule has 0 aliphatic heterocycles. The van der Waals surface area contributed by atoms with E-state index in [0.717, 1.165) is 34.5 Å². The number of halogens is 1. The second kappa shape index (κ2) is 12.2. The molecule has 0 saturated carbocycles. The van der Waals surface area contributed by atoms with Crippen molar-refractivity contribution in [3.05, 3.63) is 64.7 Å². The number of hydrogen-bond acceptors (Lipinski definition) is 4. The van der Waals surface area contributed by atoms with Crippen molar-refractivity contribution in [2.24, 2.45) is 0 Å². The first-order chi connectivity index (χ1) is 16.0. The average Bonchev–Trinajstić information content (AvgIpc) is 2.80. The highest BCUT2D eigenvalue weighted by Gasteiger charge is 2.30. The molecule has 2 aromatic rings. The zero-order valence-corrected chi connectivity index (χ0v) is 22.0. The smallest absolute Gasteiger partial charge is 0.244 e. The third kappa shape index (κ3) is 7.74. The van der Waals surface area contributed by atoms with Gasteiger partial charge in [0.1, 0.15) is 12.6 Å². The monoisotopic (exact) mass is 507 g/mol. The molecule has 2 aromatic carbocycles. The van der Waals surface area contributed by atoms with Crippen LogP contribution < -0.4 is 9.62 Å². The fourth-order valence-electron chi connectivity index (χ4n) is 3.35. The molecule has 0 aliphatic carbocycles. The van der Waals surface area contributed by atoms with Crippen LogP contribution in [0, 0.1) is 0 Å². The summed E-state index contributed by atoms with van der Waals surface area (Å²) in [6.45, 7) is 7.22. The molecule has 0 fully saturated rings. The molecule has 34 heavy (non-hydrogen) atoms. The van der Waals surface area contributed by atoms with Crippen molar-refractivity contribution < 1.29 is 18.0 Å². The highest BCUT2D eigenvalue weighted by Crippen LogP contribution is 2.20. The lowest BCUT2D eigenvalue weighted by Gasteiger charge is -2.32. The van der Waals surface area contributed by atoms with Crippen LogP contribution in [0.25, 0.3) is 0 Å². The lowest BCUT2D eigenvalue weighted by atomic mass is 10.1. The molecule has 2 atom stereocenters. The van der Waals surface area contributed by atoms with Crippen LogP contribution in [0.1, 0.15) is 45.2 Å². The van der Waals surface area contributed by atoms with E-state index in [-0.39, 0.29) is 18.5 Å². The standard InChI is InChI=1S/C25H34ClN3O4S/c1-6-18(3)27-25(31)19(4)28(16-21-8-12-22(26)13-9-21)24(30)17-29(34(5,32)33)23-14-10-20(7-2)11-15-23/h8-15,18-19H,6-7,16-17H2,1-5H3,(H,27,31)/t18-,19-/m1/s1. The number of benzene rings is 2. The van der Waals surface area contributed by atoms with Crippen molar-refractivity contribution in [1.29, 1.82) is 0 Å². The zero-order valence-electron chi connectivity index (χ0n) is 20.4. The SMILES string of the molecule is CCc1ccc(N(CC(=O)N(Cc2ccc(Cl)cc2)[C@H](C)C(=O)N[C@H](C)CC)S(C)(=O)=O)cc1. The van der Waals surface area contributed by atoms with E-state index in [1.54, 1.807) is 43.3 Å². The van der Waals surface area contributed by atoms with E-state index in [4.69, 9.17) is 11.6 Å². The highest BCUT2D eigenvalue weighted by atomic mass is 35.5. The Kier molecular flexibility index (Phi) is 9.94. The van der Waals surface area contributed by atoms with Gasteiger partial charge in [0, 0.05) is 17.6 Å². The van der Waals surface area contributed by atoms with Crippen LogP contribution in [0.4, 0.5) is 5.69 Å². The molecule has 186 valence electrons. The number of anilines is 1. The first-order valence-corrected chi connectivity index (χ1v) is 13.6. The van der Waals surface area contributed by atoms with E-state index in [9.17, 15) is 18.0 Å². The molecule has 0 aromatic heterocycles. The molecular formula is C25H34ClN3O4S. The zero-order chi connectivity index (χ0) is 25.5. The summed E-state index contributed by atoms with van der Waals surface area (Å²) in [4.78, 5) is 27.8. The molecule has 0 radical (unpaired) electrons. The highest BCUT2D eigenvalue weighted by molar-refractivity contribution is 7.92. The first-order valence-electron chi connectivity index (χ1n) is 11.4. The average molecular weight is 508 g/mol. The van der Waals surface area contributed by atoms with Crippen LogP contribution in [0.15, 0.2) is 48.5 Å². The molecule has 9 heteroatoms. The second-order valence-corrected chi connectivity index (χ2v) is 10.8. The maximum absolute atomic E-state index is 13.5. The molecular weight excluding hydrogens is 474 g/mol. The Morgan fingerprint density at radius 1 is 0.971 bits per heavy atom. The lowest BCUT2D eigenvalue weighted by molar-refractivity contribution is -0.139. The summed E-state index contributed by atoms with van der Waals surface area (Å²) in [6, 6.07) is 13.2. The van der Waals surface area contributed by atoms with Crippen LogP contribution in [0.5, 0.6) is 0 Å². The van der Waals surface area contributed by atoms with E-state index in [2.05, 4.69) is 5.32 Å². The van der Waals surface area contributed by atoms with E-state index < -0.39 is 28.5 Å². The summed E-state index contributed by atoms with van der Waals surface area (Å²) in [6.07, 6.45) is 2.63. The fourth-order valence-corrected chi connectivity index (χ4v) is 4.32. The Labute approximate surface area is 208 Å². The van der Waals surface area contributed by atoms with Gasteiger partial charge in [0.05, 0.1) is 11.9 Å². The molecule has 7 nitrogen and oxygen atoms in total. The third-order valence-corrected chi connectivity index (χ3v) is 7.14. The Morgan fingerprint density at radius 3 is 2.03 bits per heavy atom. The maximum atomic E-state index is 13.5. The maximum Gasteiger partial charge on any atom is 0.244 e. The normalized spacial score (nSPS) is 13.1. The first kappa shape index (κ1) is 27.7. The van der Waals surface area contributed by atoms with Gasteiger partial charge in [0.2, 0.25) is 21.8 Å². The van der Waals surface area contributed by atoms with Crippen molar-refractivity contribution in [3.63, 3.8) is 0 Å². The van der Waals surface area contributed by atoms with Gasteiger partial charge >= 0.3 is 0 Å². The van der Waals surface area contributed by atoms with Gasteiger partial charge < -0.3 is 10.2 Å². The quantitative estimate of drug-likeness (QED) is 0.498. The summed E-state index contributed by atoms with van der Waals surface area (Å²) in [5.41, 5.74) is 2.23. The van der Waals surface area contributed by atoms with Gasteiger partial charge in [0.25, 0.3) is 0 Å². The molecule has 0 aliphatic rings. The number of hydrogen-bond donors (Lipinski definition) is 1. The third-order valence-electron chi connectivity index (χ3n) is 5.75. The van der Waals surface area contributed by atoms with E-state index >= 15 is 0 Å². The van der Waals surface area contributed by atoms with Gasteiger partial charge in [-0.1, -0.05) is 49.7 Å². The van der Waals surface area contributed by atoms with Crippen molar-refractivity contribution in [2.75, 3.05) is 17.1 Å². The van der Waals surface area contributed by atoms with Gasteiger partial charge in [0.15, 0.2) is 0 Å². The van der Waals surface area contributed by atoms with Crippen LogP contribution in [-0.2, 0) is 32.6 Å².